The van der Waals surface area contributed by atoms with Crippen LogP contribution in [0.1, 0.15) is 5.56 Å². The largest absolute Gasteiger partial charge is 0.455 e. The van der Waals surface area contributed by atoms with E-state index in [1.807, 2.05) is 103 Å². The van der Waals surface area contributed by atoms with Crippen molar-refractivity contribution in [3.63, 3.8) is 0 Å². The molecule has 5 nitrogen and oxygen atoms in total. The molecule has 0 bridgehead atoms. The Morgan fingerprint density at radius 3 is 1.75 bits per heavy atom. The quantitative estimate of drug-likeness (QED) is 0.179. The third-order valence-corrected chi connectivity index (χ3v) is 9.19. The fourth-order valence-corrected chi connectivity index (χ4v) is 6.66. The molecule has 0 unspecified atom stereocenters. The number of nitrogens with zero attached hydrogens (tertiary/aromatic N) is 4. The minimum absolute atomic E-state index is 0.523. The minimum atomic E-state index is 0.523. The fourth-order valence-electron chi connectivity index (χ4n) is 6.66. The third-order valence-electron chi connectivity index (χ3n) is 9.19. The Balaban J connectivity index is 1.28. The van der Waals surface area contributed by atoms with Gasteiger partial charge in [0, 0.05) is 21.9 Å². The van der Waals surface area contributed by atoms with E-state index in [1.54, 1.807) is 0 Å². The average molecular weight is 653 g/mol. The van der Waals surface area contributed by atoms with Crippen LogP contribution in [0.25, 0.3) is 89.5 Å². The van der Waals surface area contributed by atoms with Crippen LogP contribution in [0.5, 0.6) is 0 Å². The molecule has 2 heterocycles. The molecule has 7 aromatic carbocycles. The van der Waals surface area contributed by atoms with Gasteiger partial charge in [-0.15, -0.1) is 0 Å². The molecular formula is C46H28N4O. The van der Waals surface area contributed by atoms with Gasteiger partial charge >= 0.3 is 0 Å². The number of furan rings is 1. The first-order valence-corrected chi connectivity index (χ1v) is 16.7. The van der Waals surface area contributed by atoms with Crippen molar-refractivity contribution in [1.82, 2.24) is 15.0 Å². The van der Waals surface area contributed by atoms with Gasteiger partial charge in [-0.1, -0.05) is 140 Å². The number of nitriles is 1. The summed E-state index contributed by atoms with van der Waals surface area (Å²) in [5.74, 6) is 1.67. The number of hydrogen-bond acceptors (Lipinski definition) is 5. The third kappa shape index (κ3) is 5.61. The lowest BCUT2D eigenvalue weighted by Gasteiger charge is -2.13. The molecule has 9 rings (SSSR count). The smallest absolute Gasteiger partial charge is 0.168 e. The Labute approximate surface area is 294 Å². The highest BCUT2D eigenvalue weighted by molar-refractivity contribution is 6.12. The van der Waals surface area contributed by atoms with Gasteiger partial charge in [-0.3, -0.25) is 0 Å². The Bertz CT molecular complexity index is 2750. The summed E-state index contributed by atoms with van der Waals surface area (Å²) in [4.78, 5) is 15.4. The normalized spacial score (nSPS) is 11.1. The van der Waals surface area contributed by atoms with E-state index in [0.29, 0.717) is 28.6 Å². The fraction of sp³-hybridized carbons (Fsp3) is 0. The number of benzene rings is 7. The SMILES string of the molecule is N#Cc1cccc(-c2ccc(-c3ccc4c(oc5ccccc54)c3-c3nc(-c4ccccc4)nc(-c4cccc(-c5ccccc5)c4)n3)cc2)c1. The second-order valence-electron chi connectivity index (χ2n) is 12.4. The molecule has 0 aliphatic heterocycles. The van der Waals surface area contributed by atoms with Gasteiger partial charge in [0.1, 0.15) is 11.2 Å². The van der Waals surface area contributed by atoms with E-state index in [-0.39, 0.29) is 0 Å². The van der Waals surface area contributed by atoms with Crippen LogP contribution < -0.4 is 0 Å². The molecule has 0 spiro atoms. The first-order valence-electron chi connectivity index (χ1n) is 16.7. The zero-order chi connectivity index (χ0) is 34.1. The maximum absolute atomic E-state index is 9.45. The molecular weight excluding hydrogens is 625 g/mol. The van der Waals surface area contributed by atoms with Crippen LogP contribution in [0.15, 0.2) is 174 Å². The van der Waals surface area contributed by atoms with Gasteiger partial charge < -0.3 is 4.42 Å². The van der Waals surface area contributed by atoms with E-state index in [2.05, 4.69) is 72.8 Å². The van der Waals surface area contributed by atoms with Crippen molar-refractivity contribution in [2.75, 3.05) is 0 Å². The molecule has 0 N–H and O–H groups in total. The van der Waals surface area contributed by atoms with Crippen LogP contribution in [0.3, 0.4) is 0 Å². The highest BCUT2D eigenvalue weighted by Gasteiger charge is 2.22. The lowest BCUT2D eigenvalue weighted by atomic mass is 9.94. The van der Waals surface area contributed by atoms with E-state index >= 15 is 0 Å². The maximum atomic E-state index is 9.45. The second-order valence-corrected chi connectivity index (χ2v) is 12.4. The molecule has 0 aliphatic rings. The number of aromatic nitrogens is 3. The summed E-state index contributed by atoms with van der Waals surface area (Å²) in [6.45, 7) is 0. The van der Waals surface area contributed by atoms with Crippen LogP contribution in [0, 0.1) is 11.3 Å². The highest BCUT2D eigenvalue weighted by atomic mass is 16.3. The van der Waals surface area contributed by atoms with Crippen molar-refractivity contribution in [3.05, 3.63) is 175 Å². The van der Waals surface area contributed by atoms with Crippen molar-refractivity contribution >= 4 is 21.9 Å². The van der Waals surface area contributed by atoms with Crippen LogP contribution in [-0.4, -0.2) is 15.0 Å². The summed E-state index contributed by atoms with van der Waals surface area (Å²) >= 11 is 0. The maximum Gasteiger partial charge on any atom is 0.168 e. The first-order chi connectivity index (χ1) is 25.2. The molecule has 51 heavy (non-hydrogen) atoms. The standard InChI is InChI=1S/C46H28N4O/c47-29-30-11-9-16-35(27-30)32-21-23-33(24-22-32)38-25-26-40-39-19-7-8-20-41(39)51-43(40)42(38)46-49-44(34-14-5-2-6-15-34)48-45(50-46)37-18-10-17-36(28-37)31-12-3-1-4-13-31/h1-28H. The molecule has 0 amide bonds. The van der Waals surface area contributed by atoms with Gasteiger partial charge in [0.25, 0.3) is 0 Å². The minimum Gasteiger partial charge on any atom is -0.455 e. The van der Waals surface area contributed by atoms with Crippen molar-refractivity contribution in [1.29, 1.82) is 5.26 Å². The van der Waals surface area contributed by atoms with Crippen molar-refractivity contribution in [2.24, 2.45) is 0 Å². The number of rotatable bonds is 6. The Morgan fingerprint density at radius 1 is 0.412 bits per heavy atom. The van der Waals surface area contributed by atoms with E-state index < -0.39 is 0 Å². The summed E-state index contributed by atoms with van der Waals surface area (Å²) < 4.78 is 6.66. The topological polar surface area (TPSA) is 75.6 Å². The molecule has 0 radical (unpaired) electrons. The zero-order valence-corrected chi connectivity index (χ0v) is 27.4. The van der Waals surface area contributed by atoms with E-state index in [1.165, 1.54) is 0 Å². The van der Waals surface area contributed by atoms with Gasteiger partial charge in [0.05, 0.1) is 17.2 Å². The highest BCUT2D eigenvalue weighted by Crippen LogP contribution is 2.42. The van der Waals surface area contributed by atoms with Crippen molar-refractivity contribution < 1.29 is 4.42 Å². The van der Waals surface area contributed by atoms with Gasteiger partial charge in [-0.2, -0.15) is 5.26 Å². The van der Waals surface area contributed by atoms with Crippen molar-refractivity contribution in [3.8, 4) is 73.6 Å². The molecule has 238 valence electrons. The molecule has 5 heteroatoms. The predicted octanol–water partition coefficient (Wildman–Crippen LogP) is 11.6. The van der Waals surface area contributed by atoms with E-state index in [0.717, 1.165) is 66.4 Å². The van der Waals surface area contributed by atoms with Crippen LogP contribution in [0.2, 0.25) is 0 Å². The van der Waals surface area contributed by atoms with Crippen LogP contribution in [0.4, 0.5) is 0 Å². The Hall–Kier alpha value is -7.16. The zero-order valence-electron chi connectivity index (χ0n) is 27.4. The van der Waals surface area contributed by atoms with E-state index in [9.17, 15) is 5.26 Å². The van der Waals surface area contributed by atoms with E-state index in [4.69, 9.17) is 19.4 Å². The van der Waals surface area contributed by atoms with Gasteiger partial charge in [-0.25, -0.2) is 15.0 Å². The number of fused-ring (bicyclic) bond motifs is 3. The average Bonchev–Trinajstić information content (AvgIpc) is 3.60. The Kier molecular flexibility index (Phi) is 7.46. The van der Waals surface area contributed by atoms with Gasteiger partial charge in [-0.05, 0) is 63.7 Å². The molecule has 0 saturated carbocycles. The van der Waals surface area contributed by atoms with Crippen molar-refractivity contribution in [2.45, 2.75) is 0 Å². The molecule has 0 saturated heterocycles. The lowest BCUT2D eigenvalue weighted by molar-refractivity contribution is 0.669. The molecule has 0 aliphatic carbocycles. The second kappa shape index (κ2) is 12.7. The monoisotopic (exact) mass is 652 g/mol. The lowest BCUT2D eigenvalue weighted by Crippen LogP contribution is -2.01. The molecule has 2 aromatic heterocycles. The Morgan fingerprint density at radius 2 is 0.980 bits per heavy atom. The summed E-state index contributed by atoms with van der Waals surface area (Å²) in [5.41, 5.74) is 10.9. The summed E-state index contributed by atoms with van der Waals surface area (Å²) in [6, 6.07) is 59.3. The molecule has 9 aromatic rings. The molecule has 0 fully saturated rings. The van der Waals surface area contributed by atoms with Crippen LogP contribution >= 0.6 is 0 Å². The van der Waals surface area contributed by atoms with Crippen LogP contribution in [-0.2, 0) is 0 Å². The first kappa shape index (κ1) is 29.9. The summed E-state index contributed by atoms with van der Waals surface area (Å²) in [5, 5.41) is 11.5. The predicted molar refractivity (Wildman–Crippen MR) is 204 cm³/mol. The summed E-state index contributed by atoms with van der Waals surface area (Å²) in [7, 11) is 0. The summed E-state index contributed by atoms with van der Waals surface area (Å²) in [6.07, 6.45) is 0. The number of para-hydroxylation sites is 1. The van der Waals surface area contributed by atoms with Gasteiger partial charge in [0.15, 0.2) is 17.5 Å². The molecule has 0 atom stereocenters. The van der Waals surface area contributed by atoms with Gasteiger partial charge in [0.2, 0.25) is 0 Å². The number of hydrogen-bond donors (Lipinski definition) is 0.